The van der Waals surface area contributed by atoms with Crippen LogP contribution in [0.3, 0.4) is 0 Å². The number of benzene rings is 1. The molecule has 74 valence electrons. The standard InChI is InChI=1S/C13H17N/c1-12-7-5-6-10-14(12)11-13-8-3-2-4-9-13/h2-4,6,8-10,12H,5,7,11H2,1H3. The lowest BCUT2D eigenvalue weighted by Gasteiger charge is -2.30. The van der Waals surface area contributed by atoms with Crippen LogP contribution in [0.5, 0.6) is 0 Å². The monoisotopic (exact) mass is 187 g/mol. The third-order valence-corrected chi connectivity index (χ3v) is 2.82. The highest BCUT2D eigenvalue weighted by Gasteiger charge is 2.12. The van der Waals surface area contributed by atoms with E-state index in [1.165, 1.54) is 18.4 Å². The average molecular weight is 187 g/mol. The molecule has 14 heavy (non-hydrogen) atoms. The first-order valence-electron chi connectivity index (χ1n) is 5.32. The van der Waals surface area contributed by atoms with Crippen molar-refractivity contribution in [3.05, 3.63) is 48.2 Å². The lowest BCUT2D eigenvalue weighted by molar-refractivity contribution is 0.259. The highest BCUT2D eigenvalue weighted by molar-refractivity contribution is 5.15. The minimum atomic E-state index is 0.681. The summed E-state index contributed by atoms with van der Waals surface area (Å²) in [7, 11) is 0. The molecule has 0 saturated carbocycles. The summed E-state index contributed by atoms with van der Waals surface area (Å²) in [4.78, 5) is 2.42. The van der Waals surface area contributed by atoms with E-state index in [0.717, 1.165) is 6.54 Å². The Morgan fingerprint density at radius 3 is 2.79 bits per heavy atom. The third-order valence-electron chi connectivity index (χ3n) is 2.82. The summed E-state index contributed by atoms with van der Waals surface area (Å²) in [6.45, 7) is 3.34. The maximum Gasteiger partial charge on any atom is 0.0426 e. The molecule has 0 radical (unpaired) electrons. The van der Waals surface area contributed by atoms with Gasteiger partial charge in [0.05, 0.1) is 0 Å². The summed E-state index contributed by atoms with van der Waals surface area (Å²) in [5.41, 5.74) is 1.39. The Bertz CT molecular complexity index is 302. The van der Waals surface area contributed by atoms with Gasteiger partial charge in [0.1, 0.15) is 0 Å². The molecule has 1 atom stereocenters. The largest absolute Gasteiger partial charge is 0.371 e. The predicted octanol–water partition coefficient (Wildman–Crippen LogP) is 3.18. The van der Waals surface area contributed by atoms with E-state index in [-0.39, 0.29) is 0 Å². The van der Waals surface area contributed by atoms with E-state index in [2.05, 4.69) is 54.4 Å². The van der Waals surface area contributed by atoms with Gasteiger partial charge in [-0.2, -0.15) is 0 Å². The summed E-state index contributed by atoms with van der Waals surface area (Å²) < 4.78 is 0. The summed E-state index contributed by atoms with van der Waals surface area (Å²) in [5.74, 6) is 0. The van der Waals surface area contributed by atoms with Crippen LogP contribution in [0.2, 0.25) is 0 Å². The van der Waals surface area contributed by atoms with E-state index in [4.69, 9.17) is 0 Å². The fraction of sp³-hybridized carbons (Fsp3) is 0.385. The second-order valence-electron chi connectivity index (χ2n) is 3.97. The van der Waals surface area contributed by atoms with Gasteiger partial charge in [-0.15, -0.1) is 0 Å². The van der Waals surface area contributed by atoms with Gasteiger partial charge >= 0.3 is 0 Å². The van der Waals surface area contributed by atoms with Crippen molar-refractivity contribution >= 4 is 0 Å². The van der Waals surface area contributed by atoms with Gasteiger partial charge in [0.2, 0.25) is 0 Å². The fourth-order valence-corrected chi connectivity index (χ4v) is 1.86. The quantitative estimate of drug-likeness (QED) is 0.687. The first kappa shape index (κ1) is 9.32. The van der Waals surface area contributed by atoms with Crippen molar-refractivity contribution in [3.63, 3.8) is 0 Å². The van der Waals surface area contributed by atoms with Gasteiger partial charge < -0.3 is 4.90 Å². The maximum atomic E-state index is 2.42. The Morgan fingerprint density at radius 2 is 2.07 bits per heavy atom. The first-order valence-corrected chi connectivity index (χ1v) is 5.32. The predicted molar refractivity (Wildman–Crippen MR) is 59.8 cm³/mol. The van der Waals surface area contributed by atoms with Gasteiger partial charge in [-0.1, -0.05) is 36.4 Å². The Morgan fingerprint density at radius 1 is 1.29 bits per heavy atom. The molecule has 0 N–H and O–H groups in total. The van der Waals surface area contributed by atoms with E-state index < -0.39 is 0 Å². The normalized spacial score (nSPS) is 21.2. The van der Waals surface area contributed by atoms with Crippen LogP contribution in [-0.2, 0) is 6.54 Å². The molecule has 1 heterocycles. The van der Waals surface area contributed by atoms with Crippen LogP contribution in [0, 0.1) is 0 Å². The number of allylic oxidation sites excluding steroid dienone is 1. The molecular weight excluding hydrogens is 170 g/mol. The molecule has 0 bridgehead atoms. The number of hydrogen-bond donors (Lipinski definition) is 0. The molecule has 1 aliphatic rings. The van der Waals surface area contributed by atoms with Gasteiger partial charge in [-0.05, 0) is 31.5 Å². The highest BCUT2D eigenvalue weighted by Crippen LogP contribution is 2.16. The van der Waals surface area contributed by atoms with Gasteiger partial charge in [0.15, 0.2) is 0 Å². The molecule has 2 rings (SSSR count). The third kappa shape index (κ3) is 2.16. The van der Waals surface area contributed by atoms with E-state index >= 15 is 0 Å². The fourth-order valence-electron chi connectivity index (χ4n) is 1.86. The Hall–Kier alpha value is -1.24. The zero-order chi connectivity index (χ0) is 9.80. The van der Waals surface area contributed by atoms with Gasteiger partial charge in [0.25, 0.3) is 0 Å². The second-order valence-corrected chi connectivity index (χ2v) is 3.97. The van der Waals surface area contributed by atoms with E-state index in [0.29, 0.717) is 6.04 Å². The van der Waals surface area contributed by atoms with Crippen LogP contribution < -0.4 is 0 Å². The summed E-state index contributed by atoms with van der Waals surface area (Å²) >= 11 is 0. The number of nitrogens with zero attached hydrogens (tertiary/aromatic N) is 1. The SMILES string of the molecule is CC1CCC=CN1Cc1ccccc1. The van der Waals surface area contributed by atoms with E-state index in [1.54, 1.807) is 0 Å². The topological polar surface area (TPSA) is 3.24 Å². The van der Waals surface area contributed by atoms with Gasteiger partial charge in [-0.25, -0.2) is 0 Å². The van der Waals surface area contributed by atoms with Crippen molar-refractivity contribution in [2.75, 3.05) is 0 Å². The van der Waals surface area contributed by atoms with Crippen LogP contribution in [0.15, 0.2) is 42.6 Å². The first-order chi connectivity index (χ1) is 6.86. The molecule has 1 aromatic carbocycles. The van der Waals surface area contributed by atoms with Crippen molar-refractivity contribution in [2.24, 2.45) is 0 Å². The molecular formula is C13H17N. The minimum absolute atomic E-state index is 0.681. The van der Waals surface area contributed by atoms with Gasteiger partial charge in [0, 0.05) is 12.6 Å². The van der Waals surface area contributed by atoms with E-state index in [1.807, 2.05) is 0 Å². The maximum absolute atomic E-state index is 2.42. The highest BCUT2D eigenvalue weighted by atomic mass is 15.1. The van der Waals surface area contributed by atoms with Crippen LogP contribution in [-0.4, -0.2) is 10.9 Å². The molecule has 1 unspecified atom stereocenters. The average Bonchev–Trinajstić information content (AvgIpc) is 2.23. The second kappa shape index (κ2) is 4.32. The molecule has 1 aliphatic heterocycles. The molecule has 0 saturated heterocycles. The van der Waals surface area contributed by atoms with Crippen molar-refractivity contribution in [1.82, 2.24) is 4.90 Å². The van der Waals surface area contributed by atoms with Crippen LogP contribution in [0.4, 0.5) is 0 Å². The molecule has 1 aromatic rings. The summed E-state index contributed by atoms with van der Waals surface area (Å²) in [6.07, 6.45) is 7.01. The molecule has 0 aliphatic carbocycles. The van der Waals surface area contributed by atoms with Crippen LogP contribution >= 0.6 is 0 Å². The molecule has 0 fully saturated rings. The lowest BCUT2D eigenvalue weighted by Crippen LogP contribution is -2.29. The van der Waals surface area contributed by atoms with Crippen LogP contribution in [0.1, 0.15) is 25.3 Å². The van der Waals surface area contributed by atoms with E-state index in [9.17, 15) is 0 Å². The smallest absolute Gasteiger partial charge is 0.0426 e. The van der Waals surface area contributed by atoms with Crippen molar-refractivity contribution in [2.45, 2.75) is 32.4 Å². The minimum Gasteiger partial charge on any atom is -0.371 e. The zero-order valence-electron chi connectivity index (χ0n) is 8.69. The summed E-state index contributed by atoms with van der Waals surface area (Å²) in [5, 5.41) is 0. The Kier molecular flexibility index (Phi) is 2.87. The van der Waals surface area contributed by atoms with Crippen molar-refractivity contribution in [1.29, 1.82) is 0 Å². The van der Waals surface area contributed by atoms with Gasteiger partial charge in [-0.3, -0.25) is 0 Å². The molecule has 1 nitrogen and oxygen atoms in total. The Balaban J connectivity index is 2.03. The molecule has 1 heteroatoms. The molecule has 0 spiro atoms. The number of rotatable bonds is 2. The Labute approximate surface area is 86.1 Å². The zero-order valence-corrected chi connectivity index (χ0v) is 8.69. The summed E-state index contributed by atoms with van der Waals surface area (Å²) in [6, 6.07) is 11.3. The van der Waals surface area contributed by atoms with Crippen molar-refractivity contribution < 1.29 is 0 Å². The molecule has 0 amide bonds. The molecule has 0 aromatic heterocycles. The number of hydrogen-bond acceptors (Lipinski definition) is 1. The van der Waals surface area contributed by atoms with Crippen molar-refractivity contribution in [3.8, 4) is 0 Å². The van der Waals surface area contributed by atoms with Crippen LogP contribution in [0.25, 0.3) is 0 Å². The lowest BCUT2D eigenvalue weighted by atomic mass is 10.1.